The van der Waals surface area contributed by atoms with Gasteiger partial charge in [-0.3, -0.25) is 0 Å². The molecule has 1 aliphatic heterocycles. The van der Waals surface area contributed by atoms with Gasteiger partial charge in [0.1, 0.15) is 6.17 Å². The van der Waals surface area contributed by atoms with Crippen molar-refractivity contribution in [2.24, 2.45) is 0 Å². The van der Waals surface area contributed by atoms with Crippen LogP contribution in [0.4, 0.5) is 4.39 Å². The highest BCUT2D eigenvalue weighted by atomic mass is 19.1. The van der Waals surface area contributed by atoms with Crippen LogP contribution >= 0.6 is 0 Å². The number of hydrogen-bond acceptors (Lipinski definition) is 1. The third-order valence-electron chi connectivity index (χ3n) is 3.62. The molecule has 1 saturated heterocycles. The predicted octanol–water partition coefficient (Wildman–Crippen LogP) is 3.32. The third kappa shape index (κ3) is 1.95. The van der Waals surface area contributed by atoms with Crippen molar-refractivity contribution in [3.63, 3.8) is 0 Å². The number of aromatic nitrogens is 1. The lowest BCUT2D eigenvalue weighted by Crippen LogP contribution is -2.37. The minimum Gasteiger partial charge on any atom is -0.361 e. The first-order valence-corrected chi connectivity index (χ1v) is 6.30. The molecule has 3 rings (SSSR count). The lowest BCUT2D eigenvalue weighted by molar-refractivity contribution is 0.222. The molecule has 0 bridgehead atoms. The van der Waals surface area contributed by atoms with Crippen LogP contribution in [0, 0.1) is 0 Å². The van der Waals surface area contributed by atoms with Gasteiger partial charge in [0.2, 0.25) is 0 Å². The van der Waals surface area contributed by atoms with Crippen LogP contribution in [0.5, 0.6) is 0 Å². The van der Waals surface area contributed by atoms with E-state index in [1.165, 1.54) is 0 Å². The SMILES string of the molecule is FC(c1c[nH]c2ccccc12)C1CCCCN1. The Morgan fingerprint density at radius 2 is 2.12 bits per heavy atom. The van der Waals surface area contributed by atoms with E-state index in [4.69, 9.17) is 0 Å². The molecule has 1 aliphatic rings. The van der Waals surface area contributed by atoms with Crippen molar-refractivity contribution in [3.05, 3.63) is 36.0 Å². The van der Waals surface area contributed by atoms with Crippen molar-refractivity contribution >= 4 is 10.9 Å². The van der Waals surface area contributed by atoms with Crippen LogP contribution in [0.2, 0.25) is 0 Å². The molecule has 2 nitrogen and oxygen atoms in total. The van der Waals surface area contributed by atoms with Crippen molar-refractivity contribution in [3.8, 4) is 0 Å². The summed E-state index contributed by atoms with van der Waals surface area (Å²) in [5, 5.41) is 4.29. The molecule has 0 aliphatic carbocycles. The fourth-order valence-corrected chi connectivity index (χ4v) is 2.67. The van der Waals surface area contributed by atoms with Crippen LogP contribution in [0.15, 0.2) is 30.5 Å². The first-order chi connectivity index (χ1) is 8.36. The molecule has 17 heavy (non-hydrogen) atoms. The number of nitrogens with one attached hydrogen (secondary N) is 2. The summed E-state index contributed by atoms with van der Waals surface area (Å²) in [5.74, 6) is 0. The number of fused-ring (bicyclic) bond motifs is 1. The van der Waals surface area contributed by atoms with E-state index in [0.29, 0.717) is 0 Å². The fraction of sp³-hybridized carbons (Fsp3) is 0.429. The molecule has 2 unspecified atom stereocenters. The molecule has 0 radical (unpaired) electrons. The maximum absolute atomic E-state index is 14.5. The average molecular weight is 232 g/mol. The van der Waals surface area contributed by atoms with Crippen LogP contribution < -0.4 is 5.32 Å². The van der Waals surface area contributed by atoms with Gasteiger partial charge in [0.15, 0.2) is 0 Å². The summed E-state index contributed by atoms with van der Waals surface area (Å²) in [6.07, 6.45) is 4.12. The standard InChI is InChI=1S/C14H17FN2/c15-14(13-7-3-4-8-16-13)11-9-17-12-6-2-1-5-10(11)12/h1-2,5-6,9,13-14,16-17H,3-4,7-8H2. The Balaban J connectivity index is 1.92. The van der Waals surface area contributed by atoms with E-state index in [0.717, 1.165) is 42.3 Å². The molecular formula is C14H17FN2. The zero-order valence-corrected chi connectivity index (χ0v) is 9.75. The number of para-hydroxylation sites is 1. The lowest BCUT2D eigenvalue weighted by atomic mass is 9.96. The number of benzene rings is 1. The second-order valence-corrected chi connectivity index (χ2v) is 4.75. The zero-order chi connectivity index (χ0) is 11.7. The van der Waals surface area contributed by atoms with Crippen LogP contribution in [0.3, 0.4) is 0 Å². The summed E-state index contributed by atoms with van der Waals surface area (Å²) in [7, 11) is 0. The predicted molar refractivity (Wildman–Crippen MR) is 67.8 cm³/mol. The summed E-state index contributed by atoms with van der Waals surface area (Å²) in [6, 6.07) is 7.87. The highest BCUT2D eigenvalue weighted by Crippen LogP contribution is 2.31. The van der Waals surface area contributed by atoms with Crippen molar-refractivity contribution < 1.29 is 4.39 Å². The van der Waals surface area contributed by atoms with Gasteiger partial charge in [0, 0.05) is 28.7 Å². The molecule has 2 N–H and O–H groups in total. The first kappa shape index (κ1) is 10.8. The normalized spacial score (nSPS) is 22.8. The Morgan fingerprint density at radius 1 is 1.24 bits per heavy atom. The quantitative estimate of drug-likeness (QED) is 0.816. The largest absolute Gasteiger partial charge is 0.361 e. The highest BCUT2D eigenvalue weighted by Gasteiger charge is 2.26. The van der Waals surface area contributed by atoms with Crippen LogP contribution in [0.25, 0.3) is 10.9 Å². The number of rotatable bonds is 2. The topological polar surface area (TPSA) is 27.8 Å². The Kier molecular flexibility index (Phi) is 2.85. The number of piperidine rings is 1. The molecule has 2 heterocycles. The number of H-pyrrole nitrogens is 1. The van der Waals surface area contributed by atoms with Crippen LogP contribution in [0.1, 0.15) is 31.0 Å². The van der Waals surface area contributed by atoms with Crippen molar-refractivity contribution in [2.75, 3.05) is 6.54 Å². The third-order valence-corrected chi connectivity index (χ3v) is 3.62. The van der Waals surface area contributed by atoms with Gasteiger partial charge in [-0.1, -0.05) is 24.6 Å². The van der Waals surface area contributed by atoms with Gasteiger partial charge in [-0.05, 0) is 25.5 Å². The average Bonchev–Trinajstić information content (AvgIpc) is 2.83. The molecular weight excluding hydrogens is 215 g/mol. The maximum atomic E-state index is 14.5. The summed E-state index contributed by atoms with van der Waals surface area (Å²) < 4.78 is 14.5. The van der Waals surface area contributed by atoms with Gasteiger partial charge in [-0.15, -0.1) is 0 Å². The zero-order valence-electron chi connectivity index (χ0n) is 9.75. The smallest absolute Gasteiger partial charge is 0.142 e. The van der Waals surface area contributed by atoms with Gasteiger partial charge in [0.25, 0.3) is 0 Å². The van der Waals surface area contributed by atoms with Crippen LogP contribution in [-0.2, 0) is 0 Å². The number of aromatic amines is 1. The van der Waals surface area contributed by atoms with Crippen molar-refractivity contribution in [1.82, 2.24) is 10.3 Å². The van der Waals surface area contributed by atoms with Gasteiger partial charge < -0.3 is 10.3 Å². The minimum atomic E-state index is -0.911. The fourth-order valence-electron chi connectivity index (χ4n) is 2.67. The molecule has 1 fully saturated rings. The van der Waals surface area contributed by atoms with E-state index in [1.54, 1.807) is 0 Å². The van der Waals surface area contributed by atoms with Gasteiger partial charge in [-0.2, -0.15) is 0 Å². The number of halogens is 1. The molecule has 1 aromatic carbocycles. The van der Waals surface area contributed by atoms with Crippen molar-refractivity contribution in [2.45, 2.75) is 31.5 Å². The van der Waals surface area contributed by atoms with E-state index in [-0.39, 0.29) is 6.04 Å². The molecule has 1 aromatic heterocycles. The minimum absolute atomic E-state index is 0.0250. The lowest BCUT2D eigenvalue weighted by Gasteiger charge is -2.26. The number of alkyl halides is 1. The molecule has 90 valence electrons. The summed E-state index contributed by atoms with van der Waals surface area (Å²) in [6.45, 7) is 0.938. The van der Waals surface area contributed by atoms with E-state index < -0.39 is 6.17 Å². The molecule has 0 spiro atoms. The first-order valence-electron chi connectivity index (χ1n) is 6.30. The van der Waals surface area contributed by atoms with Gasteiger partial charge in [0.05, 0.1) is 0 Å². The Bertz CT molecular complexity index is 500. The summed E-state index contributed by atoms with van der Waals surface area (Å²) in [4.78, 5) is 3.14. The van der Waals surface area contributed by atoms with E-state index in [1.807, 2.05) is 30.5 Å². The summed E-state index contributed by atoms with van der Waals surface area (Å²) >= 11 is 0. The van der Waals surface area contributed by atoms with E-state index in [2.05, 4.69) is 10.3 Å². The second kappa shape index (κ2) is 4.49. The number of hydrogen-bond donors (Lipinski definition) is 2. The van der Waals surface area contributed by atoms with Gasteiger partial charge >= 0.3 is 0 Å². The Morgan fingerprint density at radius 3 is 2.94 bits per heavy atom. The van der Waals surface area contributed by atoms with Gasteiger partial charge in [-0.25, -0.2) is 4.39 Å². The Hall–Kier alpha value is -1.35. The van der Waals surface area contributed by atoms with Crippen LogP contribution in [-0.4, -0.2) is 17.6 Å². The molecule has 0 saturated carbocycles. The van der Waals surface area contributed by atoms with E-state index in [9.17, 15) is 4.39 Å². The molecule has 2 aromatic rings. The second-order valence-electron chi connectivity index (χ2n) is 4.75. The molecule has 3 heteroatoms. The summed E-state index contributed by atoms with van der Waals surface area (Å²) in [5.41, 5.74) is 1.81. The molecule has 2 atom stereocenters. The van der Waals surface area contributed by atoms with E-state index >= 15 is 0 Å². The highest BCUT2D eigenvalue weighted by molar-refractivity contribution is 5.83. The monoisotopic (exact) mass is 232 g/mol. The molecule has 0 amide bonds. The van der Waals surface area contributed by atoms with Crippen molar-refractivity contribution in [1.29, 1.82) is 0 Å². The maximum Gasteiger partial charge on any atom is 0.142 e. The Labute approximate surface area is 100 Å².